The summed E-state index contributed by atoms with van der Waals surface area (Å²) in [5.74, 6) is 0.582. The van der Waals surface area contributed by atoms with Gasteiger partial charge in [-0.1, -0.05) is 48.9 Å². The van der Waals surface area contributed by atoms with Gasteiger partial charge < -0.3 is 10.1 Å². The maximum Gasteiger partial charge on any atom is 0.251 e. The lowest BCUT2D eigenvalue weighted by Crippen LogP contribution is -2.35. The lowest BCUT2D eigenvalue weighted by molar-refractivity contribution is 0.0951. The van der Waals surface area contributed by atoms with Crippen molar-refractivity contribution in [1.82, 2.24) is 9.62 Å². The minimum Gasteiger partial charge on any atom is -0.489 e. The first-order valence-electron chi connectivity index (χ1n) is 11.2. The Morgan fingerprint density at radius 2 is 1.58 bits per heavy atom. The average Bonchev–Trinajstić information content (AvgIpc) is 2.87. The van der Waals surface area contributed by atoms with Crippen LogP contribution in [0.4, 0.5) is 0 Å². The molecule has 1 heterocycles. The number of benzene rings is 3. The molecule has 1 aliphatic rings. The molecule has 172 valence electrons. The Morgan fingerprint density at radius 1 is 0.848 bits per heavy atom. The highest BCUT2D eigenvalue weighted by atomic mass is 32.2. The Hall–Kier alpha value is -3.16. The van der Waals surface area contributed by atoms with Crippen LogP contribution in [0.25, 0.3) is 0 Å². The normalized spacial score (nSPS) is 14.5. The molecule has 0 bridgehead atoms. The van der Waals surface area contributed by atoms with Crippen molar-refractivity contribution in [3.05, 3.63) is 95.6 Å². The first kappa shape index (κ1) is 23.0. The molecule has 0 radical (unpaired) electrons. The summed E-state index contributed by atoms with van der Waals surface area (Å²) in [4.78, 5) is 12.8. The van der Waals surface area contributed by atoms with Gasteiger partial charge in [0.15, 0.2) is 0 Å². The predicted octanol–water partition coefficient (Wildman–Crippen LogP) is 4.37. The van der Waals surface area contributed by atoms with Crippen molar-refractivity contribution in [2.75, 3.05) is 13.1 Å². The number of carbonyl (C=O) groups excluding carboxylic acids is 1. The number of hydrogen-bond acceptors (Lipinski definition) is 4. The summed E-state index contributed by atoms with van der Waals surface area (Å²) < 4.78 is 33.1. The highest BCUT2D eigenvalue weighted by Gasteiger charge is 2.25. The van der Waals surface area contributed by atoms with E-state index in [4.69, 9.17) is 4.74 Å². The first-order valence-corrected chi connectivity index (χ1v) is 12.6. The third kappa shape index (κ3) is 6.00. The number of ether oxygens (including phenoxy) is 1. The van der Waals surface area contributed by atoms with E-state index in [0.29, 0.717) is 25.3 Å². The molecule has 0 unspecified atom stereocenters. The summed E-state index contributed by atoms with van der Waals surface area (Å²) in [7, 11) is -3.50. The van der Waals surface area contributed by atoms with Crippen molar-refractivity contribution in [2.24, 2.45) is 0 Å². The molecule has 0 spiro atoms. The topological polar surface area (TPSA) is 75.7 Å². The van der Waals surface area contributed by atoms with Gasteiger partial charge in [0, 0.05) is 25.2 Å². The largest absolute Gasteiger partial charge is 0.489 e. The monoisotopic (exact) mass is 464 g/mol. The highest BCUT2D eigenvalue weighted by molar-refractivity contribution is 7.89. The lowest BCUT2D eigenvalue weighted by Gasteiger charge is -2.26. The summed E-state index contributed by atoms with van der Waals surface area (Å²) in [6.07, 6.45) is 2.86. The van der Waals surface area contributed by atoms with E-state index < -0.39 is 10.0 Å². The molecule has 1 amide bonds. The van der Waals surface area contributed by atoms with Crippen molar-refractivity contribution in [2.45, 2.75) is 37.3 Å². The molecule has 1 aliphatic heterocycles. The average molecular weight is 465 g/mol. The van der Waals surface area contributed by atoms with Crippen molar-refractivity contribution in [3.8, 4) is 5.75 Å². The van der Waals surface area contributed by atoms with Gasteiger partial charge in [0.25, 0.3) is 5.91 Å². The molecule has 6 nitrogen and oxygen atoms in total. The number of carbonyl (C=O) groups is 1. The maximum atomic E-state index is 12.9. The van der Waals surface area contributed by atoms with E-state index in [0.717, 1.165) is 36.1 Å². The van der Waals surface area contributed by atoms with E-state index in [1.54, 1.807) is 34.6 Å². The number of nitrogens with zero attached hydrogens (tertiary/aromatic N) is 1. The molecule has 1 saturated heterocycles. The van der Waals surface area contributed by atoms with Gasteiger partial charge in [-0.2, -0.15) is 4.31 Å². The molecular formula is C26H28N2O4S. The second-order valence-corrected chi connectivity index (χ2v) is 10.0. The van der Waals surface area contributed by atoms with Gasteiger partial charge in [0.05, 0.1) is 4.90 Å². The van der Waals surface area contributed by atoms with Crippen LogP contribution in [-0.2, 0) is 23.2 Å². The predicted molar refractivity (Wildman–Crippen MR) is 127 cm³/mol. The molecule has 3 aromatic carbocycles. The zero-order valence-corrected chi connectivity index (χ0v) is 19.3. The van der Waals surface area contributed by atoms with Crippen molar-refractivity contribution < 1.29 is 17.9 Å². The van der Waals surface area contributed by atoms with Gasteiger partial charge in [-0.25, -0.2) is 8.42 Å². The van der Waals surface area contributed by atoms with Crippen LogP contribution in [0, 0.1) is 0 Å². The van der Waals surface area contributed by atoms with Crippen molar-refractivity contribution in [1.29, 1.82) is 0 Å². The fourth-order valence-electron chi connectivity index (χ4n) is 3.79. The third-order valence-electron chi connectivity index (χ3n) is 5.67. The Kier molecular flexibility index (Phi) is 7.42. The number of para-hydroxylation sites is 1. The van der Waals surface area contributed by atoms with E-state index in [1.165, 1.54) is 0 Å². The number of amides is 1. The van der Waals surface area contributed by atoms with Gasteiger partial charge in [0.2, 0.25) is 10.0 Å². The van der Waals surface area contributed by atoms with Crippen LogP contribution < -0.4 is 10.1 Å². The van der Waals surface area contributed by atoms with Crippen molar-refractivity contribution >= 4 is 15.9 Å². The Labute approximate surface area is 195 Å². The number of piperidine rings is 1. The zero-order chi connectivity index (χ0) is 23.1. The molecule has 1 fully saturated rings. The van der Waals surface area contributed by atoms with E-state index in [1.807, 2.05) is 48.5 Å². The van der Waals surface area contributed by atoms with Gasteiger partial charge in [-0.3, -0.25) is 4.79 Å². The molecule has 3 aromatic rings. The smallest absolute Gasteiger partial charge is 0.251 e. The molecule has 0 atom stereocenters. The number of rotatable bonds is 8. The molecule has 0 aromatic heterocycles. The minimum atomic E-state index is -3.50. The first-order chi connectivity index (χ1) is 16.0. The third-order valence-corrected chi connectivity index (χ3v) is 7.56. The van der Waals surface area contributed by atoms with Crippen LogP contribution >= 0.6 is 0 Å². The second-order valence-electron chi connectivity index (χ2n) is 8.09. The minimum absolute atomic E-state index is 0.213. The van der Waals surface area contributed by atoms with E-state index in [2.05, 4.69) is 5.32 Å². The molecule has 4 rings (SSSR count). The molecule has 7 heteroatoms. The Bertz CT molecular complexity index is 1170. The molecule has 0 saturated carbocycles. The molecule has 1 N–H and O–H groups in total. The van der Waals surface area contributed by atoms with E-state index in [-0.39, 0.29) is 17.3 Å². The second kappa shape index (κ2) is 10.6. The van der Waals surface area contributed by atoms with Gasteiger partial charge in [-0.15, -0.1) is 0 Å². The Balaban J connectivity index is 1.33. The molecule has 0 aliphatic carbocycles. The van der Waals surface area contributed by atoms with Gasteiger partial charge >= 0.3 is 0 Å². The van der Waals surface area contributed by atoms with Crippen molar-refractivity contribution in [3.63, 3.8) is 0 Å². The standard InChI is InChI=1S/C26H28N2O4S/c29-26(23-14-12-21(13-15-23)20-32-24-9-3-1-4-10-24)27-19-22-8-7-11-25(18-22)33(30,31)28-16-5-2-6-17-28/h1,3-4,7-15,18H,2,5-6,16-17,19-20H2,(H,27,29). The maximum absolute atomic E-state index is 12.9. The highest BCUT2D eigenvalue weighted by Crippen LogP contribution is 2.21. The fraction of sp³-hybridized carbons (Fsp3) is 0.269. The Morgan fingerprint density at radius 3 is 2.30 bits per heavy atom. The van der Waals surface area contributed by atoms with Gasteiger partial charge in [0.1, 0.15) is 12.4 Å². The number of nitrogens with one attached hydrogen (secondary N) is 1. The zero-order valence-electron chi connectivity index (χ0n) is 18.4. The van der Waals surface area contributed by atoms with E-state index >= 15 is 0 Å². The summed E-state index contributed by atoms with van der Waals surface area (Å²) in [6, 6.07) is 23.6. The quantitative estimate of drug-likeness (QED) is 0.537. The van der Waals surface area contributed by atoms with Crippen LogP contribution in [0.1, 0.15) is 40.7 Å². The van der Waals surface area contributed by atoms with E-state index in [9.17, 15) is 13.2 Å². The SMILES string of the molecule is O=C(NCc1cccc(S(=O)(=O)N2CCCCC2)c1)c1ccc(COc2ccccc2)cc1. The number of sulfonamides is 1. The summed E-state index contributed by atoms with van der Waals surface area (Å²) in [5, 5.41) is 2.87. The fourth-order valence-corrected chi connectivity index (χ4v) is 5.38. The van der Waals surface area contributed by atoms with Crippen LogP contribution in [-0.4, -0.2) is 31.7 Å². The number of hydrogen-bond donors (Lipinski definition) is 1. The summed E-state index contributed by atoms with van der Waals surface area (Å²) in [6.45, 7) is 1.80. The van der Waals surface area contributed by atoms with Crippen LogP contribution in [0.5, 0.6) is 5.75 Å². The van der Waals surface area contributed by atoms with Gasteiger partial charge in [-0.05, 0) is 60.4 Å². The van der Waals surface area contributed by atoms with Crippen LogP contribution in [0.3, 0.4) is 0 Å². The lowest BCUT2D eigenvalue weighted by atomic mass is 10.1. The van der Waals surface area contributed by atoms with Crippen LogP contribution in [0.2, 0.25) is 0 Å². The summed E-state index contributed by atoms with van der Waals surface area (Å²) >= 11 is 0. The summed E-state index contributed by atoms with van der Waals surface area (Å²) in [5.41, 5.74) is 2.25. The molecular weight excluding hydrogens is 436 g/mol. The van der Waals surface area contributed by atoms with Crippen LogP contribution in [0.15, 0.2) is 83.8 Å². The molecule has 33 heavy (non-hydrogen) atoms.